The number of hydrogen-bond acceptors (Lipinski definition) is 0. The summed E-state index contributed by atoms with van der Waals surface area (Å²) in [5.41, 5.74) is 5.93. The van der Waals surface area contributed by atoms with Gasteiger partial charge in [-0.15, -0.1) is 0 Å². The van der Waals surface area contributed by atoms with Gasteiger partial charge in [0.2, 0.25) is 0 Å². The van der Waals surface area contributed by atoms with Gasteiger partial charge in [0.05, 0.1) is 0 Å². The van der Waals surface area contributed by atoms with Gasteiger partial charge in [-0.25, -0.2) is 0 Å². The van der Waals surface area contributed by atoms with Crippen molar-refractivity contribution in [2.24, 2.45) is 0 Å². The van der Waals surface area contributed by atoms with Crippen molar-refractivity contribution in [3.05, 3.63) is 58.7 Å². The number of aryl methyl sites for hydroxylation is 1. The molecule has 1 aromatic rings. The van der Waals surface area contributed by atoms with Gasteiger partial charge in [0.25, 0.3) is 0 Å². The second-order valence-corrected chi connectivity index (χ2v) is 5.21. The van der Waals surface area contributed by atoms with Crippen molar-refractivity contribution in [1.29, 1.82) is 0 Å². The molecule has 1 aliphatic rings. The van der Waals surface area contributed by atoms with Crippen LogP contribution in [-0.4, -0.2) is 0 Å². The van der Waals surface area contributed by atoms with Gasteiger partial charge in [0.15, 0.2) is 0 Å². The maximum Gasteiger partial charge on any atom is 0.0146 e. The third-order valence-corrected chi connectivity index (χ3v) is 3.71. The van der Waals surface area contributed by atoms with Crippen LogP contribution in [0.25, 0.3) is 0 Å². The lowest BCUT2D eigenvalue weighted by atomic mass is 9.73. The fourth-order valence-electron chi connectivity index (χ4n) is 2.68. The van der Waals surface area contributed by atoms with Gasteiger partial charge in [-0.05, 0) is 43.9 Å². The maximum absolute atomic E-state index is 2.34. The Morgan fingerprint density at radius 2 is 1.88 bits per heavy atom. The Morgan fingerprint density at radius 3 is 2.56 bits per heavy atom. The summed E-state index contributed by atoms with van der Waals surface area (Å²) in [6.07, 6.45) is 7.88. The molecule has 0 heterocycles. The van der Waals surface area contributed by atoms with Gasteiger partial charge >= 0.3 is 0 Å². The van der Waals surface area contributed by atoms with Gasteiger partial charge < -0.3 is 0 Å². The zero-order chi connectivity index (χ0) is 11.8. The highest BCUT2D eigenvalue weighted by atomic mass is 14.3. The van der Waals surface area contributed by atoms with Crippen LogP contribution in [0.2, 0.25) is 0 Å². The molecule has 2 rings (SSSR count). The Labute approximate surface area is 98.7 Å². The molecule has 0 aliphatic heterocycles. The summed E-state index contributed by atoms with van der Waals surface area (Å²) in [7, 11) is 0. The molecule has 84 valence electrons. The Bertz CT molecular complexity index is 463. The van der Waals surface area contributed by atoms with E-state index in [0.717, 1.165) is 6.42 Å². The molecule has 0 aromatic heterocycles. The van der Waals surface area contributed by atoms with Crippen LogP contribution < -0.4 is 0 Å². The zero-order valence-corrected chi connectivity index (χ0v) is 10.7. The molecular formula is C16H20. The molecule has 0 N–H and O–H groups in total. The molecule has 0 spiro atoms. The van der Waals surface area contributed by atoms with E-state index in [1.54, 1.807) is 0 Å². The molecule has 0 saturated heterocycles. The summed E-state index contributed by atoms with van der Waals surface area (Å²) in [6, 6.07) is 6.63. The summed E-state index contributed by atoms with van der Waals surface area (Å²) >= 11 is 0. The maximum atomic E-state index is 2.34. The quantitative estimate of drug-likeness (QED) is 0.644. The van der Waals surface area contributed by atoms with Crippen LogP contribution in [0.4, 0.5) is 0 Å². The molecule has 1 unspecified atom stereocenters. The molecule has 1 atom stereocenters. The summed E-state index contributed by atoms with van der Waals surface area (Å²) in [6.45, 7) is 8.98. The van der Waals surface area contributed by atoms with Crippen LogP contribution in [0, 0.1) is 13.8 Å². The highest BCUT2D eigenvalue weighted by molar-refractivity contribution is 5.44. The van der Waals surface area contributed by atoms with Crippen LogP contribution in [0.15, 0.2) is 42.0 Å². The predicted octanol–water partition coefficient (Wildman–Crippen LogP) is 4.47. The summed E-state index contributed by atoms with van der Waals surface area (Å²) in [5, 5.41) is 0. The SMILES string of the molecule is CC1=CC=CC(C)(c2cccc(C)c2C)C1. The van der Waals surface area contributed by atoms with Crippen LogP contribution in [0.5, 0.6) is 0 Å². The fraction of sp³-hybridized carbons (Fsp3) is 0.375. The minimum atomic E-state index is 0.176. The second kappa shape index (κ2) is 3.93. The smallest absolute Gasteiger partial charge is 0.0146 e. The first-order chi connectivity index (χ1) is 7.53. The predicted molar refractivity (Wildman–Crippen MR) is 70.8 cm³/mol. The van der Waals surface area contributed by atoms with Crippen molar-refractivity contribution in [3.8, 4) is 0 Å². The lowest BCUT2D eigenvalue weighted by Gasteiger charge is -2.31. The topological polar surface area (TPSA) is 0 Å². The van der Waals surface area contributed by atoms with Crippen molar-refractivity contribution in [1.82, 2.24) is 0 Å². The van der Waals surface area contributed by atoms with E-state index in [9.17, 15) is 0 Å². The molecule has 0 bridgehead atoms. The van der Waals surface area contributed by atoms with Gasteiger partial charge in [-0.1, -0.05) is 48.9 Å². The monoisotopic (exact) mass is 212 g/mol. The van der Waals surface area contributed by atoms with Crippen molar-refractivity contribution >= 4 is 0 Å². The normalized spacial score (nSPS) is 24.4. The molecule has 0 fully saturated rings. The Balaban J connectivity index is 2.49. The molecule has 0 radical (unpaired) electrons. The van der Waals surface area contributed by atoms with Crippen molar-refractivity contribution < 1.29 is 0 Å². The van der Waals surface area contributed by atoms with Gasteiger partial charge in [0.1, 0.15) is 0 Å². The number of hydrogen-bond donors (Lipinski definition) is 0. The fourth-order valence-corrected chi connectivity index (χ4v) is 2.68. The second-order valence-electron chi connectivity index (χ2n) is 5.21. The molecule has 16 heavy (non-hydrogen) atoms. The van der Waals surface area contributed by atoms with E-state index in [1.165, 1.54) is 22.3 Å². The minimum Gasteiger partial charge on any atom is -0.0739 e. The summed E-state index contributed by atoms with van der Waals surface area (Å²) < 4.78 is 0. The zero-order valence-electron chi connectivity index (χ0n) is 10.7. The molecule has 0 nitrogen and oxygen atoms in total. The molecule has 0 heteroatoms. The number of benzene rings is 1. The van der Waals surface area contributed by atoms with Crippen LogP contribution in [-0.2, 0) is 5.41 Å². The number of rotatable bonds is 1. The molecule has 0 amide bonds. The Kier molecular flexibility index (Phi) is 2.75. The minimum absolute atomic E-state index is 0.176. The third kappa shape index (κ3) is 1.84. The lowest BCUT2D eigenvalue weighted by molar-refractivity contribution is 0.576. The first-order valence-electron chi connectivity index (χ1n) is 5.95. The van der Waals surface area contributed by atoms with Crippen molar-refractivity contribution in [3.63, 3.8) is 0 Å². The standard InChI is InChI=1S/C16H20/c1-12-7-6-10-16(4,11-12)15-9-5-8-13(2)14(15)3/h5-10H,11H2,1-4H3. The number of allylic oxidation sites excluding steroid dienone is 4. The van der Waals surface area contributed by atoms with E-state index in [1.807, 2.05) is 0 Å². The highest BCUT2D eigenvalue weighted by Crippen LogP contribution is 2.37. The van der Waals surface area contributed by atoms with Crippen molar-refractivity contribution in [2.45, 2.75) is 39.5 Å². The summed E-state index contributed by atoms with van der Waals surface area (Å²) in [5.74, 6) is 0. The molecule has 1 aromatic carbocycles. The van der Waals surface area contributed by atoms with E-state index in [4.69, 9.17) is 0 Å². The van der Waals surface area contributed by atoms with Crippen LogP contribution in [0.1, 0.15) is 37.0 Å². The average molecular weight is 212 g/mol. The molecular weight excluding hydrogens is 192 g/mol. The largest absolute Gasteiger partial charge is 0.0739 e. The molecule has 1 aliphatic carbocycles. The summed E-state index contributed by atoms with van der Waals surface area (Å²) in [4.78, 5) is 0. The van der Waals surface area contributed by atoms with E-state index in [-0.39, 0.29) is 5.41 Å². The first-order valence-corrected chi connectivity index (χ1v) is 5.95. The van der Waals surface area contributed by atoms with Crippen LogP contribution >= 0.6 is 0 Å². The average Bonchev–Trinajstić information content (AvgIpc) is 2.21. The van der Waals surface area contributed by atoms with E-state index >= 15 is 0 Å². The van der Waals surface area contributed by atoms with Crippen molar-refractivity contribution in [2.75, 3.05) is 0 Å². The van der Waals surface area contributed by atoms with Gasteiger partial charge in [0, 0.05) is 5.41 Å². The highest BCUT2D eigenvalue weighted by Gasteiger charge is 2.27. The first kappa shape index (κ1) is 11.2. The molecule has 0 saturated carbocycles. The Hall–Kier alpha value is -1.30. The van der Waals surface area contributed by atoms with Crippen LogP contribution in [0.3, 0.4) is 0 Å². The van der Waals surface area contributed by atoms with E-state index in [0.29, 0.717) is 0 Å². The van der Waals surface area contributed by atoms with Gasteiger partial charge in [-0.2, -0.15) is 0 Å². The van der Waals surface area contributed by atoms with Gasteiger partial charge in [-0.3, -0.25) is 0 Å². The van der Waals surface area contributed by atoms with E-state index < -0.39 is 0 Å². The lowest BCUT2D eigenvalue weighted by Crippen LogP contribution is -2.22. The Morgan fingerprint density at radius 1 is 1.12 bits per heavy atom. The third-order valence-electron chi connectivity index (χ3n) is 3.71. The van der Waals surface area contributed by atoms with E-state index in [2.05, 4.69) is 64.1 Å².